The quantitative estimate of drug-likeness (QED) is 0.694. The Morgan fingerprint density at radius 3 is 2.29 bits per heavy atom. The Balaban J connectivity index is 0.000000413. The first kappa shape index (κ1) is 19.1. The molecule has 1 heterocycles. The molecule has 0 aliphatic carbocycles. The number of ether oxygens (including phenoxy) is 1. The average molecular weight is 332 g/mol. The van der Waals surface area contributed by atoms with Crippen molar-refractivity contribution in [2.45, 2.75) is 12.5 Å². The van der Waals surface area contributed by atoms with E-state index in [0.717, 1.165) is 24.3 Å². The van der Waals surface area contributed by atoms with Gasteiger partial charge in [-0.3, -0.25) is 4.98 Å². The second-order valence-electron chi connectivity index (χ2n) is 4.71. The maximum atomic E-state index is 9.10. The van der Waals surface area contributed by atoms with Crippen LogP contribution in [0.1, 0.15) is 18.1 Å². The van der Waals surface area contributed by atoms with Crippen LogP contribution in [-0.4, -0.2) is 40.7 Å². The summed E-state index contributed by atoms with van der Waals surface area (Å²) in [4.78, 5) is 22.4. The summed E-state index contributed by atoms with van der Waals surface area (Å²) in [7, 11) is 1.95. The molecule has 3 N–H and O–H groups in total. The molecule has 1 unspecified atom stereocenters. The molecule has 0 aliphatic rings. The van der Waals surface area contributed by atoms with E-state index < -0.39 is 11.9 Å². The summed E-state index contributed by atoms with van der Waals surface area (Å²) in [6, 6.07) is 13.9. The highest BCUT2D eigenvalue weighted by molar-refractivity contribution is 6.27. The van der Waals surface area contributed by atoms with Crippen molar-refractivity contribution < 1.29 is 24.5 Å². The Bertz CT molecular complexity index is 607. The molecule has 0 saturated carbocycles. The van der Waals surface area contributed by atoms with Crippen molar-refractivity contribution >= 4 is 11.9 Å². The molecular weight excluding hydrogens is 312 g/mol. The summed E-state index contributed by atoms with van der Waals surface area (Å²) in [6.07, 6.45) is 4.59. The summed E-state index contributed by atoms with van der Waals surface area (Å²) in [5, 5.41) is 17.9. The predicted octanol–water partition coefficient (Wildman–Crippen LogP) is 1.97. The molecule has 2 aromatic rings. The van der Waals surface area contributed by atoms with Crippen molar-refractivity contribution in [2.75, 3.05) is 13.6 Å². The Kier molecular flexibility index (Phi) is 8.55. The standard InChI is InChI=1S/C15H18N2O.C2H2O4/c1-16-11-9-15(13-6-5-10-17-12-13)18-14-7-3-2-4-8-14;3-1(4)2(5)6/h2-8,10,12,15-16H,9,11H2,1H3;(H,3,4)(H,5,6). The van der Waals surface area contributed by atoms with Crippen LogP contribution in [0.3, 0.4) is 0 Å². The fourth-order valence-electron chi connectivity index (χ4n) is 1.80. The number of hydrogen-bond donors (Lipinski definition) is 3. The van der Waals surface area contributed by atoms with Crippen LogP contribution in [0, 0.1) is 0 Å². The summed E-state index contributed by atoms with van der Waals surface area (Å²) < 4.78 is 6.02. The van der Waals surface area contributed by atoms with Crippen molar-refractivity contribution in [2.24, 2.45) is 0 Å². The first-order chi connectivity index (χ1) is 11.5. The lowest BCUT2D eigenvalue weighted by Crippen LogP contribution is -2.16. The van der Waals surface area contributed by atoms with Crippen molar-refractivity contribution in [3.63, 3.8) is 0 Å². The van der Waals surface area contributed by atoms with E-state index in [0.29, 0.717) is 0 Å². The van der Waals surface area contributed by atoms with Gasteiger partial charge in [-0.2, -0.15) is 0 Å². The third kappa shape index (κ3) is 7.37. The number of pyridine rings is 1. The fourth-order valence-corrected chi connectivity index (χ4v) is 1.80. The molecule has 0 spiro atoms. The molecule has 1 aromatic carbocycles. The van der Waals surface area contributed by atoms with Crippen LogP contribution in [0.4, 0.5) is 0 Å². The van der Waals surface area contributed by atoms with E-state index in [4.69, 9.17) is 24.5 Å². The maximum Gasteiger partial charge on any atom is 0.414 e. The Morgan fingerprint density at radius 1 is 1.12 bits per heavy atom. The molecule has 1 atom stereocenters. The third-order valence-corrected chi connectivity index (χ3v) is 2.92. The van der Waals surface area contributed by atoms with Gasteiger partial charge in [0.05, 0.1) is 0 Å². The molecule has 7 heteroatoms. The summed E-state index contributed by atoms with van der Waals surface area (Å²) in [5.74, 6) is -2.76. The topological polar surface area (TPSA) is 109 Å². The summed E-state index contributed by atoms with van der Waals surface area (Å²) in [5.41, 5.74) is 1.11. The molecule has 7 nitrogen and oxygen atoms in total. The highest BCUT2D eigenvalue weighted by Crippen LogP contribution is 2.23. The van der Waals surface area contributed by atoms with Gasteiger partial charge in [-0.15, -0.1) is 0 Å². The number of para-hydroxylation sites is 1. The molecule has 0 saturated heterocycles. The van der Waals surface area contributed by atoms with Gasteiger partial charge in [-0.05, 0) is 31.8 Å². The fraction of sp³-hybridized carbons (Fsp3) is 0.235. The number of carbonyl (C=O) groups is 2. The second kappa shape index (κ2) is 10.7. The van der Waals surface area contributed by atoms with E-state index in [1.54, 1.807) is 6.20 Å². The van der Waals surface area contributed by atoms with E-state index >= 15 is 0 Å². The number of aromatic nitrogens is 1. The van der Waals surface area contributed by atoms with Crippen molar-refractivity contribution in [3.05, 3.63) is 60.4 Å². The van der Waals surface area contributed by atoms with E-state index in [2.05, 4.69) is 16.4 Å². The molecule has 2 rings (SSSR count). The maximum absolute atomic E-state index is 9.10. The van der Waals surface area contributed by atoms with Gasteiger partial charge in [0.15, 0.2) is 0 Å². The summed E-state index contributed by atoms with van der Waals surface area (Å²) >= 11 is 0. The Morgan fingerprint density at radius 2 is 1.79 bits per heavy atom. The van der Waals surface area contributed by atoms with Crippen LogP contribution in [0.5, 0.6) is 5.75 Å². The monoisotopic (exact) mass is 332 g/mol. The van der Waals surface area contributed by atoms with Gasteiger partial charge < -0.3 is 20.3 Å². The van der Waals surface area contributed by atoms with Crippen LogP contribution in [0.15, 0.2) is 54.9 Å². The molecule has 128 valence electrons. The minimum absolute atomic E-state index is 0.0357. The highest BCUT2D eigenvalue weighted by Gasteiger charge is 2.12. The molecule has 0 radical (unpaired) electrons. The number of carboxylic acids is 2. The Labute approximate surface area is 139 Å². The minimum atomic E-state index is -1.82. The van der Waals surface area contributed by atoms with Gasteiger partial charge in [0, 0.05) is 24.4 Å². The third-order valence-electron chi connectivity index (χ3n) is 2.92. The van der Waals surface area contributed by atoms with E-state index in [9.17, 15) is 0 Å². The van der Waals surface area contributed by atoms with Crippen LogP contribution in [-0.2, 0) is 9.59 Å². The van der Waals surface area contributed by atoms with Crippen LogP contribution in [0.25, 0.3) is 0 Å². The number of carboxylic acid groups (broad SMARTS) is 2. The van der Waals surface area contributed by atoms with E-state index in [1.165, 1.54) is 0 Å². The smallest absolute Gasteiger partial charge is 0.414 e. The number of hydrogen-bond acceptors (Lipinski definition) is 5. The minimum Gasteiger partial charge on any atom is -0.486 e. The molecule has 1 aromatic heterocycles. The first-order valence-corrected chi connectivity index (χ1v) is 7.27. The molecular formula is C17H20N2O5. The lowest BCUT2D eigenvalue weighted by atomic mass is 10.1. The largest absolute Gasteiger partial charge is 0.486 e. The average Bonchev–Trinajstić information content (AvgIpc) is 2.60. The molecule has 0 aliphatic heterocycles. The lowest BCUT2D eigenvalue weighted by Gasteiger charge is -2.19. The van der Waals surface area contributed by atoms with Crippen molar-refractivity contribution in [1.82, 2.24) is 10.3 Å². The number of aliphatic carboxylic acids is 2. The zero-order valence-corrected chi connectivity index (χ0v) is 13.3. The van der Waals surface area contributed by atoms with Gasteiger partial charge in [0.1, 0.15) is 11.9 Å². The Hall–Kier alpha value is -2.93. The normalized spacial score (nSPS) is 10.9. The van der Waals surface area contributed by atoms with Gasteiger partial charge in [-0.25, -0.2) is 9.59 Å². The zero-order chi connectivity index (χ0) is 17.8. The van der Waals surface area contributed by atoms with Crippen molar-refractivity contribution in [1.29, 1.82) is 0 Å². The zero-order valence-electron chi connectivity index (χ0n) is 13.3. The van der Waals surface area contributed by atoms with E-state index in [1.807, 2.05) is 49.6 Å². The van der Waals surface area contributed by atoms with Crippen molar-refractivity contribution in [3.8, 4) is 5.75 Å². The number of benzene rings is 1. The molecule has 0 amide bonds. The van der Waals surface area contributed by atoms with Crippen LogP contribution < -0.4 is 10.1 Å². The van der Waals surface area contributed by atoms with Crippen LogP contribution >= 0.6 is 0 Å². The molecule has 24 heavy (non-hydrogen) atoms. The van der Waals surface area contributed by atoms with Gasteiger partial charge in [0.2, 0.25) is 0 Å². The lowest BCUT2D eigenvalue weighted by molar-refractivity contribution is -0.159. The second-order valence-corrected chi connectivity index (χ2v) is 4.71. The molecule has 0 fully saturated rings. The van der Waals surface area contributed by atoms with Gasteiger partial charge in [0.25, 0.3) is 0 Å². The number of nitrogens with one attached hydrogen (secondary N) is 1. The van der Waals surface area contributed by atoms with Crippen LogP contribution in [0.2, 0.25) is 0 Å². The number of rotatable bonds is 6. The predicted molar refractivity (Wildman–Crippen MR) is 87.9 cm³/mol. The number of nitrogens with zero attached hydrogens (tertiary/aromatic N) is 1. The van der Waals surface area contributed by atoms with Gasteiger partial charge >= 0.3 is 11.9 Å². The van der Waals surface area contributed by atoms with Gasteiger partial charge in [-0.1, -0.05) is 24.3 Å². The first-order valence-electron chi connectivity index (χ1n) is 7.27. The molecule has 0 bridgehead atoms. The summed E-state index contributed by atoms with van der Waals surface area (Å²) in [6.45, 7) is 0.909. The highest BCUT2D eigenvalue weighted by atomic mass is 16.5. The van der Waals surface area contributed by atoms with E-state index in [-0.39, 0.29) is 6.10 Å². The SMILES string of the molecule is CNCCC(Oc1ccccc1)c1cccnc1.O=C(O)C(=O)O.